The average Bonchev–Trinajstić information content (AvgIpc) is 2.36. The summed E-state index contributed by atoms with van der Waals surface area (Å²) in [6, 6.07) is 9.58. The molecule has 0 fully saturated rings. The number of hydrogen-bond acceptors (Lipinski definition) is 2. The zero-order valence-corrected chi connectivity index (χ0v) is 11.8. The quantitative estimate of drug-likeness (QED) is 0.828. The summed E-state index contributed by atoms with van der Waals surface area (Å²) in [5.41, 5.74) is 7.50. The Bertz CT molecular complexity index is 643. The Morgan fingerprint density at radius 3 is 2.74 bits per heavy atom. The molecule has 0 spiro atoms. The van der Waals surface area contributed by atoms with Gasteiger partial charge in [-0.15, -0.1) is 0 Å². The lowest BCUT2D eigenvalue weighted by atomic mass is 10.1. The van der Waals surface area contributed by atoms with E-state index in [1.54, 1.807) is 18.2 Å². The van der Waals surface area contributed by atoms with Crippen LogP contribution in [0.5, 0.6) is 0 Å². The Hall–Kier alpha value is -1.88. The molecule has 0 aliphatic heterocycles. The van der Waals surface area contributed by atoms with Gasteiger partial charge in [0.15, 0.2) is 0 Å². The van der Waals surface area contributed by atoms with Gasteiger partial charge in [-0.2, -0.15) is 0 Å². The van der Waals surface area contributed by atoms with Gasteiger partial charge in [0, 0.05) is 10.2 Å². The van der Waals surface area contributed by atoms with Crippen LogP contribution in [0, 0.1) is 12.7 Å². The van der Waals surface area contributed by atoms with E-state index in [4.69, 9.17) is 5.73 Å². The largest absolute Gasteiger partial charge is 0.398 e. The molecule has 0 unspecified atom stereocenters. The molecule has 0 saturated carbocycles. The lowest BCUT2D eigenvalue weighted by Gasteiger charge is -2.10. The van der Waals surface area contributed by atoms with E-state index in [2.05, 4.69) is 21.2 Å². The van der Waals surface area contributed by atoms with E-state index in [0.29, 0.717) is 15.7 Å². The predicted octanol–water partition coefficient (Wildman–Crippen LogP) is 3.73. The molecule has 2 aromatic rings. The van der Waals surface area contributed by atoms with Crippen LogP contribution in [0.2, 0.25) is 0 Å². The molecule has 0 radical (unpaired) electrons. The average molecular weight is 323 g/mol. The highest BCUT2D eigenvalue weighted by molar-refractivity contribution is 9.10. The number of nitrogens with two attached hydrogens (primary N) is 1. The first-order valence-electron chi connectivity index (χ1n) is 5.60. The first-order valence-corrected chi connectivity index (χ1v) is 6.40. The van der Waals surface area contributed by atoms with Crippen LogP contribution in [-0.2, 0) is 0 Å². The maximum absolute atomic E-state index is 13.6. The summed E-state index contributed by atoms with van der Waals surface area (Å²) in [5.74, 6) is -0.934. The lowest BCUT2D eigenvalue weighted by Crippen LogP contribution is -2.15. The Morgan fingerprint density at radius 1 is 1.32 bits per heavy atom. The number of nitrogens with one attached hydrogen (secondary N) is 1. The van der Waals surface area contributed by atoms with Gasteiger partial charge in [-0.05, 0) is 36.8 Å². The van der Waals surface area contributed by atoms with Gasteiger partial charge < -0.3 is 11.1 Å². The maximum atomic E-state index is 13.6. The van der Waals surface area contributed by atoms with Gasteiger partial charge in [0.2, 0.25) is 0 Å². The van der Waals surface area contributed by atoms with Crippen molar-refractivity contribution in [2.45, 2.75) is 6.92 Å². The Morgan fingerprint density at radius 2 is 2.05 bits per heavy atom. The zero-order valence-electron chi connectivity index (χ0n) is 10.2. The second-order valence-electron chi connectivity index (χ2n) is 4.11. The minimum Gasteiger partial charge on any atom is -0.398 e. The molecule has 1 amide bonds. The molecule has 3 nitrogen and oxygen atoms in total. The third-order valence-corrected chi connectivity index (χ3v) is 3.24. The van der Waals surface area contributed by atoms with E-state index in [1.165, 1.54) is 12.1 Å². The van der Waals surface area contributed by atoms with Crippen molar-refractivity contribution in [1.29, 1.82) is 0 Å². The van der Waals surface area contributed by atoms with Gasteiger partial charge in [-0.1, -0.05) is 28.1 Å². The summed E-state index contributed by atoms with van der Waals surface area (Å²) in [6.07, 6.45) is 0. The zero-order chi connectivity index (χ0) is 14.0. The van der Waals surface area contributed by atoms with Gasteiger partial charge in [0.05, 0.1) is 11.3 Å². The summed E-state index contributed by atoms with van der Waals surface area (Å²) in [7, 11) is 0. The number of carbonyl (C=O) groups excluding carboxylic acids is 1. The van der Waals surface area contributed by atoms with Crippen molar-refractivity contribution in [3.05, 3.63) is 57.8 Å². The Balaban J connectivity index is 2.28. The van der Waals surface area contributed by atoms with Crippen LogP contribution >= 0.6 is 15.9 Å². The van der Waals surface area contributed by atoms with E-state index < -0.39 is 11.7 Å². The molecular weight excluding hydrogens is 311 g/mol. The van der Waals surface area contributed by atoms with Gasteiger partial charge in [-0.25, -0.2) is 4.39 Å². The van der Waals surface area contributed by atoms with E-state index in [0.717, 1.165) is 5.56 Å². The number of rotatable bonds is 2. The molecule has 0 aliphatic rings. The highest BCUT2D eigenvalue weighted by atomic mass is 79.9. The molecule has 0 saturated heterocycles. The Kier molecular flexibility index (Phi) is 3.85. The van der Waals surface area contributed by atoms with E-state index in [1.807, 2.05) is 13.0 Å². The highest BCUT2D eigenvalue weighted by Crippen LogP contribution is 2.22. The van der Waals surface area contributed by atoms with Crippen molar-refractivity contribution >= 4 is 33.2 Å². The van der Waals surface area contributed by atoms with E-state index in [-0.39, 0.29) is 5.69 Å². The third-order valence-electron chi connectivity index (χ3n) is 2.75. The number of nitrogen functional groups attached to an aromatic ring is 1. The lowest BCUT2D eigenvalue weighted by molar-refractivity contribution is 0.102. The van der Waals surface area contributed by atoms with E-state index in [9.17, 15) is 9.18 Å². The number of carbonyl (C=O) groups is 1. The number of para-hydroxylation sites is 1. The summed E-state index contributed by atoms with van der Waals surface area (Å²) in [6.45, 7) is 1.81. The molecule has 3 N–H and O–H groups in total. The first kappa shape index (κ1) is 13.5. The minimum atomic E-state index is -0.506. The normalized spacial score (nSPS) is 10.3. The molecule has 0 heterocycles. The monoisotopic (exact) mass is 322 g/mol. The van der Waals surface area contributed by atoms with Crippen molar-refractivity contribution in [1.82, 2.24) is 0 Å². The number of hydrogen-bond donors (Lipinski definition) is 2. The summed E-state index contributed by atoms with van der Waals surface area (Å²) < 4.78 is 14.2. The van der Waals surface area contributed by atoms with Gasteiger partial charge in [0.25, 0.3) is 5.91 Å². The molecule has 19 heavy (non-hydrogen) atoms. The van der Waals surface area contributed by atoms with Crippen LogP contribution in [0.3, 0.4) is 0 Å². The topological polar surface area (TPSA) is 55.1 Å². The number of aryl methyl sites for hydroxylation is 1. The minimum absolute atomic E-state index is 0.120. The summed E-state index contributed by atoms with van der Waals surface area (Å²) in [5, 5.41) is 2.51. The van der Waals surface area contributed by atoms with Gasteiger partial charge in [0.1, 0.15) is 5.82 Å². The molecule has 2 rings (SSSR count). The fourth-order valence-corrected chi connectivity index (χ4v) is 1.99. The Labute approximate surface area is 118 Å². The van der Waals surface area contributed by atoms with Crippen molar-refractivity contribution in [3.63, 3.8) is 0 Å². The first-order chi connectivity index (χ1) is 8.99. The molecule has 2 aromatic carbocycles. The number of benzene rings is 2. The maximum Gasteiger partial charge on any atom is 0.257 e. The summed E-state index contributed by atoms with van der Waals surface area (Å²) in [4.78, 5) is 12.1. The van der Waals surface area contributed by atoms with Crippen molar-refractivity contribution in [2.24, 2.45) is 0 Å². The van der Waals surface area contributed by atoms with E-state index >= 15 is 0 Å². The molecule has 5 heteroatoms. The second-order valence-corrected chi connectivity index (χ2v) is 5.03. The molecule has 0 bridgehead atoms. The van der Waals surface area contributed by atoms with Crippen LogP contribution in [0.4, 0.5) is 15.8 Å². The molecule has 98 valence electrons. The SMILES string of the molecule is Cc1cccc(C(=O)Nc2ccc(Br)cc2F)c1N. The third kappa shape index (κ3) is 2.93. The van der Waals surface area contributed by atoms with Crippen LogP contribution in [0.1, 0.15) is 15.9 Å². The van der Waals surface area contributed by atoms with Crippen molar-refractivity contribution < 1.29 is 9.18 Å². The molecule has 0 aliphatic carbocycles. The molecule has 0 aromatic heterocycles. The molecule has 0 atom stereocenters. The smallest absolute Gasteiger partial charge is 0.257 e. The van der Waals surface area contributed by atoms with Crippen LogP contribution < -0.4 is 11.1 Å². The summed E-state index contributed by atoms with van der Waals surface area (Å²) >= 11 is 3.16. The van der Waals surface area contributed by atoms with Crippen LogP contribution in [0.25, 0.3) is 0 Å². The number of halogens is 2. The predicted molar refractivity (Wildman–Crippen MR) is 77.6 cm³/mol. The second kappa shape index (κ2) is 5.40. The van der Waals surface area contributed by atoms with Crippen LogP contribution in [0.15, 0.2) is 40.9 Å². The fourth-order valence-electron chi connectivity index (χ4n) is 1.66. The van der Waals surface area contributed by atoms with Crippen molar-refractivity contribution in [2.75, 3.05) is 11.1 Å². The van der Waals surface area contributed by atoms with Gasteiger partial charge in [-0.3, -0.25) is 4.79 Å². The fraction of sp³-hybridized carbons (Fsp3) is 0.0714. The molecular formula is C14H12BrFN2O. The standard InChI is InChI=1S/C14H12BrFN2O/c1-8-3-2-4-10(13(8)17)14(19)18-12-6-5-9(15)7-11(12)16/h2-7H,17H2,1H3,(H,18,19). The van der Waals surface area contributed by atoms with Gasteiger partial charge >= 0.3 is 0 Å². The van der Waals surface area contributed by atoms with Crippen molar-refractivity contribution in [3.8, 4) is 0 Å². The highest BCUT2D eigenvalue weighted by Gasteiger charge is 2.13. The number of anilines is 2. The number of amides is 1. The van der Waals surface area contributed by atoms with Crippen LogP contribution in [-0.4, -0.2) is 5.91 Å².